The lowest BCUT2D eigenvalue weighted by molar-refractivity contribution is -0.117. The first-order chi connectivity index (χ1) is 9.10. The molecule has 0 saturated carbocycles. The Morgan fingerprint density at radius 2 is 1.74 bits per heavy atom. The molecule has 0 bridgehead atoms. The van der Waals surface area contributed by atoms with E-state index in [0.29, 0.717) is 17.8 Å². The third kappa shape index (κ3) is 4.71. The van der Waals surface area contributed by atoms with E-state index in [0.717, 1.165) is 13.1 Å². The summed E-state index contributed by atoms with van der Waals surface area (Å²) in [6.07, 6.45) is 0. The van der Waals surface area contributed by atoms with Gasteiger partial charge in [-0.15, -0.1) is 0 Å². The number of esters is 1. The van der Waals surface area contributed by atoms with Crippen molar-refractivity contribution in [2.24, 2.45) is 0 Å². The minimum absolute atomic E-state index is 0.0606. The van der Waals surface area contributed by atoms with E-state index >= 15 is 0 Å². The summed E-state index contributed by atoms with van der Waals surface area (Å²) in [5.74, 6) is -0.449. The van der Waals surface area contributed by atoms with Gasteiger partial charge in [0.15, 0.2) is 0 Å². The third-order valence-electron chi connectivity index (χ3n) is 2.85. The second-order valence-corrected chi connectivity index (χ2v) is 4.08. The number of nitrogens with zero attached hydrogens (tertiary/aromatic N) is 1. The number of carbonyl (C=O) groups excluding carboxylic acids is 2. The number of anilines is 1. The largest absolute Gasteiger partial charge is 0.465 e. The molecule has 0 aliphatic carbocycles. The maximum absolute atomic E-state index is 11.8. The zero-order chi connectivity index (χ0) is 14.3. The SMILES string of the molecule is CCN(CC)CC(=O)Nc1ccc(C(=O)OC)cc1. The van der Waals surface area contributed by atoms with Crippen molar-refractivity contribution in [2.75, 3.05) is 32.1 Å². The van der Waals surface area contributed by atoms with Gasteiger partial charge in [-0.1, -0.05) is 13.8 Å². The lowest BCUT2D eigenvalue weighted by atomic mass is 10.2. The standard InChI is InChI=1S/C14H20N2O3/c1-4-16(5-2)10-13(17)15-12-8-6-11(7-9-12)14(18)19-3/h6-9H,4-5,10H2,1-3H3,(H,15,17). The van der Waals surface area contributed by atoms with Crippen molar-refractivity contribution in [3.05, 3.63) is 29.8 Å². The van der Waals surface area contributed by atoms with Gasteiger partial charge in [0.05, 0.1) is 19.2 Å². The summed E-state index contributed by atoms with van der Waals surface area (Å²) in [5.41, 5.74) is 1.13. The highest BCUT2D eigenvalue weighted by Crippen LogP contribution is 2.10. The van der Waals surface area contributed by atoms with Crippen LogP contribution in [0.5, 0.6) is 0 Å². The molecule has 1 aromatic carbocycles. The Balaban J connectivity index is 2.58. The van der Waals surface area contributed by atoms with Crippen LogP contribution in [0.3, 0.4) is 0 Å². The van der Waals surface area contributed by atoms with Crippen LogP contribution in [0.15, 0.2) is 24.3 Å². The smallest absolute Gasteiger partial charge is 0.337 e. The van der Waals surface area contributed by atoms with Gasteiger partial charge in [-0.3, -0.25) is 9.69 Å². The van der Waals surface area contributed by atoms with E-state index in [2.05, 4.69) is 10.1 Å². The zero-order valence-electron chi connectivity index (χ0n) is 11.6. The van der Waals surface area contributed by atoms with Gasteiger partial charge < -0.3 is 10.1 Å². The fourth-order valence-corrected chi connectivity index (χ4v) is 1.66. The molecule has 19 heavy (non-hydrogen) atoms. The monoisotopic (exact) mass is 264 g/mol. The van der Waals surface area contributed by atoms with Crippen LogP contribution in [0.1, 0.15) is 24.2 Å². The summed E-state index contributed by atoms with van der Waals surface area (Å²) >= 11 is 0. The predicted octanol–water partition coefficient (Wildman–Crippen LogP) is 1.75. The predicted molar refractivity (Wildman–Crippen MR) is 74.2 cm³/mol. The summed E-state index contributed by atoms with van der Waals surface area (Å²) in [5, 5.41) is 2.79. The van der Waals surface area contributed by atoms with E-state index in [4.69, 9.17) is 0 Å². The first kappa shape index (κ1) is 15.2. The lowest BCUT2D eigenvalue weighted by Crippen LogP contribution is -2.32. The number of likely N-dealkylation sites (N-methyl/N-ethyl adjacent to an activating group) is 1. The molecule has 0 radical (unpaired) electrons. The molecule has 0 atom stereocenters. The molecule has 104 valence electrons. The van der Waals surface area contributed by atoms with Gasteiger partial charge in [-0.05, 0) is 37.4 Å². The Kier molecular flexibility index (Phi) is 6.02. The van der Waals surface area contributed by atoms with Crippen LogP contribution in [-0.4, -0.2) is 43.5 Å². The number of benzene rings is 1. The molecule has 5 nitrogen and oxygen atoms in total. The highest BCUT2D eigenvalue weighted by atomic mass is 16.5. The Morgan fingerprint density at radius 3 is 2.21 bits per heavy atom. The molecule has 1 aromatic rings. The van der Waals surface area contributed by atoms with Crippen molar-refractivity contribution < 1.29 is 14.3 Å². The molecular weight excluding hydrogens is 244 g/mol. The normalized spacial score (nSPS) is 10.3. The minimum Gasteiger partial charge on any atom is -0.465 e. The molecule has 0 spiro atoms. The van der Waals surface area contributed by atoms with E-state index < -0.39 is 0 Å². The number of hydrogen-bond donors (Lipinski definition) is 1. The molecule has 0 heterocycles. The van der Waals surface area contributed by atoms with Gasteiger partial charge in [-0.2, -0.15) is 0 Å². The van der Waals surface area contributed by atoms with Crippen molar-refractivity contribution >= 4 is 17.6 Å². The number of hydrogen-bond acceptors (Lipinski definition) is 4. The van der Waals surface area contributed by atoms with Crippen LogP contribution in [0, 0.1) is 0 Å². The van der Waals surface area contributed by atoms with Gasteiger partial charge in [0, 0.05) is 5.69 Å². The van der Waals surface area contributed by atoms with E-state index in [1.165, 1.54) is 7.11 Å². The Bertz CT molecular complexity index is 425. The number of carbonyl (C=O) groups is 2. The van der Waals surface area contributed by atoms with Crippen molar-refractivity contribution in [3.8, 4) is 0 Å². The number of methoxy groups -OCH3 is 1. The first-order valence-electron chi connectivity index (χ1n) is 6.31. The third-order valence-corrected chi connectivity index (χ3v) is 2.85. The summed E-state index contributed by atoms with van der Waals surface area (Å²) in [6.45, 7) is 6.08. The average Bonchev–Trinajstić information content (AvgIpc) is 2.44. The molecule has 0 unspecified atom stereocenters. The Labute approximate surface area is 113 Å². The van der Waals surface area contributed by atoms with Crippen molar-refractivity contribution in [2.45, 2.75) is 13.8 Å². The Morgan fingerprint density at radius 1 is 1.16 bits per heavy atom. The van der Waals surface area contributed by atoms with Gasteiger partial charge in [-0.25, -0.2) is 4.79 Å². The molecule has 1 rings (SSSR count). The highest BCUT2D eigenvalue weighted by Gasteiger charge is 2.08. The van der Waals surface area contributed by atoms with E-state index in [1.807, 2.05) is 18.7 Å². The van der Waals surface area contributed by atoms with Gasteiger partial charge >= 0.3 is 5.97 Å². The van der Waals surface area contributed by atoms with Crippen LogP contribution in [0.2, 0.25) is 0 Å². The number of ether oxygens (including phenoxy) is 1. The van der Waals surface area contributed by atoms with E-state index in [1.54, 1.807) is 24.3 Å². The number of amides is 1. The molecule has 0 saturated heterocycles. The quantitative estimate of drug-likeness (QED) is 0.795. The fraction of sp³-hybridized carbons (Fsp3) is 0.429. The molecule has 0 aliphatic heterocycles. The van der Waals surface area contributed by atoms with Gasteiger partial charge in [0.25, 0.3) is 0 Å². The van der Waals surface area contributed by atoms with E-state index in [-0.39, 0.29) is 11.9 Å². The molecule has 0 fully saturated rings. The van der Waals surface area contributed by atoms with Gasteiger partial charge in [0.2, 0.25) is 5.91 Å². The topological polar surface area (TPSA) is 58.6 Å². The molecule has 1 amide bonds. The maximum atomic E-state index is 11.8. The van der Waals surface area contributed by atoms with Gasteiger partial charge in [0.1, 0.15) is 0 Å². The van der Waals surface area contributed by atoms with Crippen molar-refractivity contribution in [1.29, 1.82) is 0 Å². The molecule has 0 aliphatic rings. The summed E-state index contributed by atoms with van der Waals surface area (Å²) in [4.78, 5) is 25.1. The van der Waals surface area contributed by atoms with Crippen LogP contribution in [-0.2, 0) is 9.53 Å². The van der Waals surface area contributed by atoms with Crippen LogP contribution >= 0.6 is 0 Å². The van der Waals surface area contributed by atoms with E-state index in [9.17, 15) is 9.59 Å². The molecule has 5 heteroatoms. The maximum Gasteiger partial charge on any atom is 0.337 e. The Hall–Kier alpha value is -1.88. The summed E-state index contributed by atoms with van der Waals surface area (Å²) < 4.78 is 4.61. The van der Waals surface area contributed by atoms with Crippen LogP contribution in [0.4, 0.5) is 5.69 Å². The zero-order valence-corrected chi connectivity index (χ0v) is 11.6. The average molecular weight is 264 g/mol. The molecular formula is C14H20N2O3. The summed E-state index contributed by atoms with van der Waals surface area (Å²) in [6, 6.07) is 6.62. The van der Waals surface area contributed by atoms with Crippen LogP contribution < -0.4 is 5.32 Å². The van der Waals surface area contributed by atoms with Crippen molar-refractivity contribution in [3.63, 3.8) is 0 Å². The minimum atomic E-state index is -0.388. The number of nitrogens with one attached hydrogen (secondary N) is 1. The summed E-state index contributed by atoms with van der Waals surface area (Å²) in [7, 11) is 1.34. The van der Waals surface area contributed by atoms with Crippen molar-refractivity contribution in [1.82, 2.24) is 4.90 Å². The highest BCUT2D eigenvalue weighted by molar-refractivity contribution is 5.93. The lowest BCUT2D eigenvalue weighted by Gasteiger charge is -2.17. The first-order valence-corrected chi connectivity index (χ1v) is 6.31. The molecule has 1 N–H and O–H groups in total. The number of rotatable bonds is 6. The second kappa shape index (κ2) is 7.53. The molecule has 0 aromatic heterocycles. The fourth-order valence-electron chi connectivity index (χ4n) is 1.66. The van der Waals surface area contributed by atoms with Crippen LogP contribution in [0.25, 0.3) is 0 Å². The second-order valence-electron chi connectivity index (χ2n) is 4.08.